The highest BCUT2D eigenvalue weighted by Gasteiger charge is 2.24. The van der Waals surface area contributed by atoms with Gasteiger partial charge in [-0.1, -0.05) is 24.5 Å². The molecule has 4 rings (SSSR count). The summed E-state index contributed by atoms with van der Waals surface area (Å²) in [4.78, 5) is 16.9. The third-order valence-corrected chi connectivity index (χ3v) is 4.85. The third-order valence-electron chi connectivity index (χ3n) is 4.85. The van der Waals surface area contributed by atoms with E-state index < -0.39 is 0 Å². The number of carbonyl (C=O) groups is 1. The quantitative estimate of drug-likeness (QED) is 0.768. The van der Waals surface area contributed by atoms with Crippen molar-refractivity contribution in [2.75, 3.05) is 0 Å². The van der Waals surface area contributed by atoms with E-state index in [1.807, 2.05) is 0 Å². The largest absolute Gasteiger partial charge is 0.348 e. The summed E-state index contributed by atoms with van der Waals surface area (Å²) in [7, 11) is 0. The molecule has 1 aliphatic carbocycles. The van der Waals surface area contributed by atoms with Gasteiger partial charge in [0.05, 0.1) is 5.69 Å². The number of halogens is 1. The molecule has 1 fully saturated rings. The van der Waals surface area contributed by atoms with Crippen LogP contribution < -0.4 is 5.32 Å². The van der Waals surface area contributed by atoms with Crippen LogP contribution in [-0.4, -0.2) is 31.9 Å². The van der Waals surface area contributed by atoms with E-state index in [0.29, 0.717) is 11.4 Å². The van der Waals surface area contributed by atoms with Crippen molar-refractivity contribution in [1.29, 1.82) is 0 Å². The van der Waals surface area contributed by atoms with Gasteiger partial charge >= 0.3 is 0 Å². The molecular formula is C20H20FN5O. The highest BCUT2D eigenvalue weighted by atomic mass is 19.1. The number of nitrogens with zero attached hydrogens (tertiary/aromatic N) is 4. The maximum Gasteiger partial charge on any atom is 0.274 e. The van der Waals surface area contributed by atoms with Gasteiger partial charge in [-0.15, -0.1) is 5.10 Å². The molecule has 0 unspecified atom stereocenters. The monoisotopic (exact) mass is 365 g/mol. The molecule has 3 aromatic rings. The van der Waals surface area contributed by atoms with Crippen molar-refractivity contribution in [2.24, 2.45) is 0 Å². The van der Waals surface area contributed by atoms with Crippen LogP contribution in [0, 0.1) is 5.82 Å². The SMILES string of the molecule is O=C(NC1CCCCC1)c1nnn(-c2ccc(F)cc2)c1-c1ccncc1. The highest BCUT2D eigenvalue weighted by molar-refractivity contribution is 5.98. The molecule has 27 heavy (non-hydrogen) atoms. The van der Waals surface area contributed by atoms with Gasteiger partial charge in [-0.05, 0) is 49.2 Å². The van der Waals surface area contributed by atoms with Gasteiger partial charge in [-0.25, -0.2) is 9.07 Å². The summed E-state index contributed by atoms with van der Waals surface area (Å²) in [6, 6.07) is 9.71. The minimum absolute atomic E-state index is 0.174. The van der Waals surface area contributed by atoms with E-state index in [0.717, 1.165) is 31.2 Å². The average Bonchev–Trinajstić information content (AvgIpc) is 3.15. The Hall–Kier alpha value is -3.09. The highest BCUT2D eigenvalue weighted by Crippen LogP contribution is 2.26. The minimum Gasteiger partial charge on any atom is -0.348 e. The Bertz CT molecular complexity index is 917. The van der Waals surface area contributed by atoms with E-state index in [9.17, 15) is 9.18 Å². The van der Waals surface area contributed by atoms with Gasteiger partial charge in [0.2, 0.25) is 0 Å². The molecule has 2 heterocycles. The molecule has 138 valence electrons. The maximum absolute atomic E-state index is 13.3. The smallest absolute Gasteiger partial charge is 0.274 e. The standard InChI is InChI=1S/C20H20FN5O/c21-15-6-8-17(9-7-15)26-19(14-10-12-22-13-11-14)18(24-25-26)20(27)23-16-4-2-1-3-5-16/h6-13,16H,1-5H2,(H,23,27). The fourth-order valence-electron chi connectivity index (χ4n) is 3.47. The normalized spacial score (nSPS) is 14.9. The Morgan fingerprint density at radius 3 is 2.44 bits per heavy atom. The van der Waals surface area contributed by atoms with Crippen LogP contribution in [0.2, 0.25) is 0 Å². The van der Waals surface area contributed by atoms with Crippen molar-refractivity contribution in [2.45, 2.75) is 38.1 Å². The number of nitrogens with one attached hydrogen (secondary N) is 1. The molecule has 0 atom stereocenters. The summed E-state index contributed by atoms with van der Waals surface area (Å²) in [5, 5.41) is 11.4. The molecule has 1 amide bonds. The number of carbonyl (C=O) groups excluding carboxylic acids is 1. The number of rotatable bonds is 4. The van der Waals surface area contributed by atoms with E-state index in [-0.39, 0.29) is 23.5 Å². The van der Waals surface area contributed by atoms with Gasteiger partial charge < -0.3 is 5.32 Å². The van der Waals surface area contributed by atoms with E-state index >= 15 is 0 Å². The summed E-state index contributed by atoms with van der Waals surface area (Å²) < 4.78 is 14.9. The summed E-state index contributed by atoms with van der Waals surface area (Å²) >= 11 is 0. The lowest BCUT2D eigenvalue weighted by molar-refractivity contribution is 0.0923. The summed E-state index contributed by atoms with van der Waals surface area (Å²) in [6.45, 7) is 0. The first kappa shape index (κ1) is 17.3. The fourth-order valence-corrected chi connectivity index (χ4v) is 3.47. The van der Waals surface area contributed by atoms with E-state index in [4.69, 9.17) is 0 Å². The molecule has 7 heteroatoms. The maximum atomic E-state index is 13.3. The van der Waals surface area contributed by atoms with Crippen LogP contribution in [0.4, 0.5) is 4.39 Å². The molecule has 6 nitrogen and oxygen atoms in total. The Balaban J connectivity index is 1.73. The van der Waals surface area contributed by atoms with Gasteiger partial charge in [0.25, 0.3) is 5.91 Å². The molecule has 1 saturated carbocycles. The summed E-state index contributed by atoms with van der Waals surface area (Å²) in [5.41, 5.74) is 2.23. The molecule has 0 radical (unpaired) electrons. The van der Waals surface area contributed by atoms with Crippen molar-refractivity contribution >= 4 is 5.91 Å². The van der Waals surface area contributed by atoms with Crippen LogP contribution in [0.3, 0.4) is 0 Å². The fraction of sp³-hybridized carbons (Fsp3) is 0.300. The predicted molar refractivity (Wildman–Crippen MR) is 98.9 cm³/mol. The van der Waals surface area contributed by atoms with E-state index in [1.54, 1.807) is 41.3 Å². The van der Waals surface area contributed by atoms with E-state index in [1.165, 1.54) is 18.6 Å². The second-order valence-corrected chi connectivity index (χ2v) is 6.72. The molecule has 1 N–H and O–H groups in total. The van der Waals surface area contributed by atoms with Gasteiger partial charge in [-0.2, -0.15) is 0 Å². The van der Waals surface area contributed by atoms with Crippen LogP contribution in [0.1, 0.15) is 42.6 Å². The zero-order chi connectivity index (χ0) is 18.6. The van der Waals surface area contributed by atoms with Gasteiger partial charge in [0, 0.05) is 24.0 Å². The van der Waals surface area contributed by atoms with Crippen molar-refractivity contribution < 1.29 is 9.18 Å². The van der Waals surface area contributed by atoms with Crippen molar-refractivity contribution in [1.82, 2.24) is 25.3 Å². The predicted octanol–water partition coefficient (Wildman–Crippen LogP) is 3.53. The van der Waals surface area contributed by atoms with Crippen LogP contribution in [0.15, 0.2) is 48.8 Å². The summed E-state index contributed by atoms with van der Waals surface area (Å²) in [5.74, 6) is -0.568. The molecule has 0 spiro atoms. The van der Waals surface area contributed by atoms with Crippen molar-refractivity contribution in [3.05, 3.63) is 60.3 Å². The second kappa shape index (κ2) is 7.65. The lowest BCUT2D eigenvalue weighted by Gasteiger charge is -2.22. The molecular weight excluding hydrogens is 345 g/mol. The van der Waals surface area contributed by atoms with Crippen LogP contribution in [0.25, 0.3) is 16.9 Å². The lowest BCUT2D eigenvalue weighted by Crippen LogP contribution is -2.36. The first-order valence-corrected chi connectivity index (χ1v) is 9.15. The van der Waals surface area contributed by atoms with Crippen LogP contribution in [-0.2, 0) is 0 Å². The first-order valence-electron chi connectivity index (χ1n) is 9.15. The Morgan fingerprint density at radius 2 is 1.74 bits per heavy atom. The molecule has 0 aliphatic heterocycles. The molecule has 0 saturated heterocycles. The number of hydrogen-bond acceptors (Lipinski definition) is 4. The van der Waals surface area contributed by atoms with Gasteiger partial charge in [0.15, 0.2) is 5.69 Å². The minimum atomic E-state index is -0.334. The Labute approximate surface area is 156 Å². The number of pyridine rings is 1. The third kappa shape index (κ3) is 3.72. The molecule has 2 aromatic heterocycles. The zero-order valence-corrected chi connectivity index (χ0v) is 14.8. The number of amides is 1. The Morgan fingerprint density at radius 1 is 1.04 bits per heavy atom. The number of benzene rings is 1. The topological polar surface area (TPSA) is 72.7 Å². The molecule has 0 bridgehead atoms. The summed E-state index contributed by atoms with van der Waals surface area (Å²) in [6.07, 6.45) is 8.76. The van der Waals surface area contributed by atoms with Gasteiger partial charge in [0.1, 0.15) is 11.5 Å². The number of hydrogen-bond donors (Lipinski definition) is 1. The van der Waals surface area contributed by atoms with Crippen molar-refractivity contribution in [3.63, 3.8) is 0 Å². The Kier molecular flexibility index (Phi) is 4.91. The second-order valence-electron chi connectivity index (χ2n) is 6.72. The lowest BCUT2D eigenvalue weighted by atomic mass is 9.95. The average molecular weight is 365 g/mol. The molecule has 1 aliphatic rings. The molecule has 1 aromatic carbocycles. The van der Waals surface area contributed by atoms with Crippen molar-refractivity contribution in [3.8, 4) is 16.9 Å². The zero-order valence-electron chi connectivity index (χ0n) is 14.8. The van der Waals surface area contributed by atoms with Gasteiger partial charge in [-0.3, -0.25) is 9.78 Å². The van der Waals surface area contributed by atoms with Crippen LogP contribution in [0.5, 0.6) is 0 Å². The van der Waals surface area contributed by atoms with E-state index in [2.05, 4.69) is 20.6 Å². The van der Waals surface area contributed by atoms with Crippen LogP contribution >= 0.6 is 0 Å². The number of aromatic nitrogens is 4. The first-order chi connectivity index (χ1) is 13.2.